The number of hydrogen-bond donors (Lipinski definition) is 1. The number of urea groups is 1. The summed E-state index contributed by atoms with van der Waals surface area (Å²) in [7, 11) is 3.91. The molecule has 1 saturated heterocycles. The number of carbonyl (C=O) groups excluding carboxylic acids is 1. The van der Waals surface area contributed by atoms with Crippen molar-refractivity contribution in [2.75, 3.05) is 45.2 Å². The first-order valence-corrected chi connectivity index (χ1v) is 11.0. The predicted octanol–water partition coefficient (Wildman–Crippen LogP) is 3.73. The highest BCUT2D eigenvalue weighted by Gasteiger charge is 2.18. The molecule has 0 saturated carbocycles. The smallest absolute Gasteiger partial charge is 0.318 e. The number of pyridine rings is 1. The largest absolute Gasteiger partial charge is 0.357 e. The number of aromatic nitrogens is 1. The van der Waals surface area contributed by atoms with Crippen LogP contribution in [0.4, 0.5) is 15.0 Å². The minimum absolute atomic E-state index is 0.209. The van der Waals surface area contributed by atoms with Crippen LogP contribution in [0.5, 0.6) is 0 Å². The van der Waals surface area contributed by atoms with Crippen LogP contribution in [-0.2, 0) is 13.1 Å². The molecule has 1 N–H and O–H groups in total. The van der Waals surface area contributed by atoms with Crippen LogP contribution in [0.15, 0.2) is 42.6 Å². The van der Waals surface area contributed by atoms with Crippen LogP contribution in [0.1, 0.15) is 30.9 Å². The second-order valence-electron chi connectivity index (χ2n) is 8.67. The monoisotopic (exact) mass is 427 g/mol. The maximum absolute atomic E-state index is 14.1. The third kappa shape index (κ3) is 6.92. The second-order valence-corrected chi connectivity index (χ2v) is 8.67. The number of likely N-dealkylation sites (N-methyl/N-ethyl adjacent to an activating group) is 1. The number of nitrogens with one attached hydrogen (secondary N) is 1. The zero-order valence-electron chi connectivity index (χ0n) is 18.9. The van der Waals surface area contributed by atoms with Gasteiger partial charge < -0.3 is 20.0 Å². The third-order valence-electron chi connectivity index (χ3n) is 5.78. The van der Waals surface area contributed by atoms with Crippen molar-refractivity contribution < 1.29 is 9.18 Å². The van der Waals surface area contributed by atoms with Gasteiger partial charge in [-0.2, -0.15) is 0 Å². The summed E-state index contributed by atoms with van der Waals surface area (Å²) in [4.78, 5) is 23.4. The van der Waals surface area contributed by atoms with Crippen molar-refractivity contribution in [1.82, 2.24) is 20.1 Å². The van der Waals surface area contributed by atoms with Gasteiger partial charge in [-0.15, -0.1) is 0 Å². The van der Waals surface area contributed by atoms with Crippen LogP contribution in [0.2, 0.25) is 0 Å². The Bertz CT molecular complexity index is 834. The van der Waals surface area contributed by atoms with Gasteiger partial charge in [0.05, 0.1) is 6.54 Å². The Balaban J connectivity index is 1.57. The van der Waals surface area contributed by atoms with Gasteiger partial charge in [-0.25, -0.2) is 14.2 Å². The van der Waals surface area contributed by atoms with Gasteiger partial charge in [0.1, 0.15) is 11.6 Å². The number of hydrogen-bond acceptors (Lipinski definition) is 4. The molecular weight excluding hydrogens is 393 g/mol. The predicted molar refractivity (Wildman–Crippen MR) is 122 cm³/mol. The lowest BCUT2D eigenvalue weighted by molar-refractivity contribution is 0.187. The average Bonchev–Trinajstić information content (AvgIpc) is 2.77. The van der Waals surface area contributed by atoms with E-state index in [4.69, 9.17) is 0 Å². The molecule has 168 valence electrons. The topological polar surface area (TPSA) is 51.7 Å². The van der Waals surface area contributed by atoms with Crippen LogP contribution < -0.4 is 10.2 Å². The maximum atomic E-state index is 14.1. The van der Waals surface area contributed by atoms with Crippen LogP contribution in [0.25, 0.3) is 0 Å². The van der Waals surface area contributed by atoms with Crippen molar-refractivity contribution in [3.8, 4) is 0 Å². The highest BCUT2D eigenvalue weighted by Crippen LogP contribution is 2.21. The van der Waals surface area contributed by atoms with Crippen molar-refractivity contribution in [1.29, 1.82) is 0 Å². The van der Waals surface area contributed by atoms with Gasteiger partial charge in [-0.05, 0) is 50.6 Å². The van der Waals surface area contributed by atoms with Crippen LogP contribution >= 0.6 is 0 Å². The Kier molecular flexibility index (Phi) is 8.23. The molecular formula is C24H34FN5O. The molecule has 0 aliphatic carbocycles. The number of piperidine rings is 1. The third-order valence-corrected chi connectivity index (χ3v) is 5.78. The van der Waals surface area contributed by atoms with Crippen molar-refractivity contribution >= 4 is 11.8 Å². The van der Waals surface area contributed by atoms with Gasteiger partial charge in [-0.1, -0.05) is 31.2 Å². The minimum Gasteiger partial charge on any atom is -0.357 e. The minimum atomic E-state index is -0.294. The summed E-state index contributed by atoms with van der Waals surface area (Å²) in [6, 6.07) is 10.4. The van der Waals surface area contributed by atoms with Crippen LogP contribution in [-0.4, -0.2) is 61.1 Å². The molecule has 0 atom stereocenters. The molecule has 1 aliphatic rings. The Morgan fingerprint density at radius 3 is 2.55 bits per heavy atom. The zero-order chi connectivity index (χ0) is 22.2. The lowest BCUT2D eigenvalue weighted by Gasteiger charge is -2.31. The van der Waals surface area contributed by atoms with Gasteiger partial charge in [0.25, 0.3) is 0 Å². The normalized spacial score (nSPS) is 14.7. The van der Waals surface area contributed by atoms with Gasteiger partial charge >= 0.3 is 6.03 Å². The highest BCUT2D eigenvalue weighted by atomic mass is 19.1. The molecule has 0 bridgehead atoms. The molecule has 31 heavy (non-hydrogen) atoms. The molecule has 1 aromatic heterocycles. The molecule has 0 spiro atoms. The van der Waals surface area contributed by atoms with E-state index in [2.05, 4.69) is 22.1 Å². The van der Waals surface area contributed by atoms with Crippen molar-refractivity contribution in [2.24, 2.45) is 5.92 Å². The maximum Gasteiger partial charge on any atom is 0.318 e. The number of benzene rings is 1. The average molecular weight is 428 g/mol. The quantitative estimate of drug-likeness (QED) is 0.698. The first-order chi connectivity index (χ1) is 14.9. The summed E-state index contributed by atoms with van der Waals surface area (Å²) in [6.45, 7) is 6.22. The summed E-state index contributed by atoms with van der Waals surface area (Å²) in [5, 5.41) is 2.96. The molecule has 6 nitrogen and oxygen atoms in total. The molecule has 1 fully saturated rings. The molecule has 1 aliphatic heterocycles. The molecule has 0 radical (unpaired) electrons. The number of anilines is 1. The van der Waals surface area contributed by atoms with Crippen molar-refractivity contribution in [3.63, 3.8) is 0 Å². The Morgan fingerprint density at radius 1 is 1.16 bits per heavy atom. The molecule has 2 amide bonds. The van der Waals surface area contributed by atoms with E-state index >= 15 is 0 Å². The zero-order valence-corrected chi connectivity index (χ0v) is 18.9. The van der Waals surface area contributed by atoms with Gasteiger partial charge in [-0.3, -0.25) is 0 Å². The molecule has 2 aromatic rings. The van der Waals surface area contributed by atoms with Crippen LogP contribution in [0.3, 0.4) is 0 Å². The van der Waals surface area contributed by atoms with Crippen molar-refractivity contribution in [2.45, 2.75) is 32.9 Å². The Morgan fingerprint density at radius 2 is 1.90 bits per heavy atom. The van der Waals surface area contributed by atoms with Crippen molar-refractivity contribution in [3.05, 3.63) is 59.5 Å². The summed E-state index contributed by atoms with van der Waals surface area (Å²) >= 11 is 0. The lowest BCUT2D eigenvalue weighted by atomic mass is 9.99. The van der Waals surface area contributed by atoms with Crippen LogP contribution in [0, 0.1) is 11.7 Å². The second kappa shape index (κ2) is 11.1. The van der Waals surface area contributed by atoms with E-state index in [0.29, 0.717) is 25.2 Å². The summed E-state index contributed by atoms with van der Waals surface area (Å²) in [5.74, 6) is 1.48. The summed E-state index contributed by atoms with van der Waals surface area (Å²) in [5.41, 5.74) is 1.46. The van der Waals surface area contributed by atoms with Gasteiger partial charge in [0.15, 0.2) is 0 Å². The fourth-order valence-corrected chi connectivity index (χ4v) is 3.64. The number of halogens is 1. The van der Waals surface area contributed by atoms with E-state index < -0.39 is 0 Å². The molecule has 2 heterocycles. The molecule has 7 heteroatoms. The van der Waals surface area contributed by atoms with E-state index in [1.165, 1.54) is 18.9 Å². The van der Waals surface area contributed by atoms with Gasteiger partial charge in [0, 0.05) is 44.5 Å². The van der Waals surface area contributed by atoms with E-state index in [9.17, 15) is 9.18 Å². The van der Waals surface area contributed by atoms with E-state index in [1.807, 2.05) is 37.3 Å². The fourth-order valence-electron chi connectivity index (χ4n) is 3.64. The molecule has 1 aromatic carbocycles. The van der Waals surface area contributed by atoms with E-state index in [1.54, 1.807) is 23.1 Å². The van der Waals surface area contributed by atoms with E-state index in [-0.39, 0.29) is 18.4 Å². The lowest BCUT2D eigenvalue weighted by Crippen LogP contribution is -2.42. The summed E-state index contributed by atoms with van der Waals surface area (Å²) < 4.78 is 14.1. The first kappa shape index (κ1) is 23.0. The Hall–Kier alpha value is -2.67. The standard InChI is InChI=1S/C24H34FN5O/c1-19-10-12-29(13-11-19)23-9-8-20(16-26-23)17-27-24(31)30(15-14-28(2)3)18-21-6-4-5-7-22(21)25/h4-9,16,19H,10-15,17-18H2,1-3H3,(H,27,31). The Labute approximate surface area is 185 Å². The number of carbonyl (C=O) groups is 1. The van der Waals surface area contributed by atoms with E-state index in [0.717, 1.165) is 30.4 Å². The molecule has 3 rings (SSSR count). The highest BCUT2D eigenvalue weighted by molar-refractivity contribution is 5.74. The number of rotatable bonds is 8. The fraction of sp³-hybridized carbons (Fsp3) is 0.500. The summed E-state index contributed by atoms with van der Waals surface area (Å²) in [6.07, 6.45) is 4.23. The molecule has 0 unspecified atom stereocenters. The SMILES string of the molecule is CC1CCN(c2ccc(CNC(=O)N(CCN(C)C)Cc3ccccc3F)cn2)CC1. The first-order valence-electron chi connectivity index (χ1n) is 11.0. The van der Waals surface area contributed by atoms with Gasteiger partial charge in [0.2, 0.25) is 0 Å². The number of nitrogens with zero attached hydrogens (tertiary/aromatic N) is 4. The number of amides is 2.